The molecule has 0 unspecified atom stereocenters. The first-order chi connectivity index (χ1) is 11.4. The first kappa shape index (κ1) is 15.0. The summed E-state index contributed by atoms with van der Waals surface area (Å²) in [6, 6.07) is 17.3. The van der Waals surface area contributed by atoms with Crippen molar-refractivity contribution < 1.29 is 0 Å². The smallest absolute Gasteiger partial charge is 0.0550 e. The van der Waals surface area contributed by atoms with E-state index in [1.807, 2.05) is 0 Å². The zero-order chi connectivity index (χ0) is 17.1. The first-order valence-electron chi connectivity index (χ1n) is 8.51. The van der Waals surface area contributed by atoms with Crippen LogP contribution in [0.1, 0.15) is 31.9 Å². The van der Waals surface area contributed by atoms with Gasteiger partial charge in [0.15, 0.2) is 0 Å². The predicted molar refractivity (Wildman–Crippen MR) is 107 cm³/mol. The first-order valence-corrected chi connectivity index (χ1v) is 8.51. The summed E-state index contributed by atoms with van der Waals surface area (Å²) in [5, 5.41) is 5.22. The SMILES string of the molecule is C=C(c1c(C)c2ccccc2c2c1[nH]c1ccccc12)C(C)(C)C. The van der Waals surface area contributed by atoms with E-state index >= 15 is 0 Å². The number of aromatic nitrogens is 1. The molecule has 24 heavy (non-hydrogen) atoms. The van der Waals surface area contributed by atoms with Crippen molar-refractivity contribution >= 4 is 38.2 Å². The predicted octanol–water partition coefficient (Wildman–Crippen LogP) is 6.84. The van der Waals surface area contributed by atoms with Crippen LogP contribution in [0, 0.1) is 12.3 Å². The van der Waals surface area contributed by atoms with Crippen molar-refractivity contribution in [3.8, 4) is 0 Å². The maximum absolute atomic E-state index is 4.46. The van der Waals surface area contributed by atoms with Crippen LogP contribution in [-0.4, -0.2) is 4.98 Å². The Morgan fingerprint density at radius 2 is 1.46 bits per heavy atom. The van der Waals surface area contributed by atoms with E-state index in [9.17, 15) is 0 Å². The number of para-hydroxylation sites is 1. The third-order valence-corrected chi connectivity index (χ3v) is 5.14. The standard InChI is InChI=1S/C23H23N/c1-14-16-10-6-7-11-17(16)21-18-12-8-9-13-19(18)24-22(21)20(14)15(2)23(3,4)5/h6-13,24H,2H2,1,3-5H3. The molecule has 0 saturated heterocycles. The van der Waals surface area contributed by atoms with Crippen molar-refractivity contribution in [1.82, 2.24) is 4.98 Å². The zero-order valence-corrected chi connectivity index (χ0v) is 14.8. The molecule has 1 aromatic heterocycles. The summed E-state index contributed by atoms with van der Waals surface area (Å²) in [6.07, 6.45) is 0. The minimum Gasteiger partial charge on any atom is -0.354 e. The highest BCUT2D eigenvalue weighted by molar-refractivity contribution is 6.23. The van der Waals surface area contributed by atoms with Crippen molar-refractivity contribution in [2.45, 2.75) is 27.7 Å². The Morgan fingerprint density at radius 3 is 2.12 bits per heavy atom. The number of allylic oxidation sites excluding steroid dienone is 1. The van der Waals surface area contributed by atoms with Crippen LogP contribution in [0.4, 0.5) is 0 Å². The molecule has 0 aliphatic rings. The topological polar surface area (TPSA) is 15.8 Å². The van der Waals surface area contributed by atoms with Crippen LogP contribution in [0.3, 0.4) is 0 Å². The number of H-pyrrole nitrogens is 1. The third kappa shape index (κ3) is 2.01. The molecule has 4 rings (SSSR count). The average molecular weight is 313 g/mol. The lowest BCUT2D eigenvalue weighted by Crippen LogP contribution is -2.09. The molecule has 0 fully saturated rings. The van der Waals surface area contributed by atoms with Crippen LogP contribution in [-0.2, 0) is 0 Å². The van der Waals surface area contributed by atoms with Crippen molar-refractivity contribution in [2.24, 2.45) is 5.41 Å². The lowest BCUT2D eigenvalue weighted by Gasteiger charge is -2.25. The van der Waals surface area contributed by atoms with Crippen LogP contribution in [0.15, 0.2) is 55.1 Å². The molecule has 1 nitrogen and oxygen atoms in total. The summed E-state index contributed by atoms with van der Waals surface area (Å²) >= 11 is 0. The minimum absolute atomic E-state index is 0.0252. The van der Waals surface area contributed by atoms with E-state index in [1.165, 1.54) is 49.3 Å². The molecular weight excluding hydrogens is 290 g/mol. The Morgan fingerprint density at radius 1 is 0.875 bits per heavy atom. The fourth-order valence-corrected chi connectivity index (χ4v) is 3.71. The Hall–Kier alpha value is -2.54. The summed E-state index contributed by atoms with van der Waals surface area (Å²) < 4.78 is 0. The summed E-state index contributed by atoms with van der Waals surface area (Å²) in [6.45, 7) is 13.4. The number of aromatic amines is 1. The van der Waals surface area contributed by atoms with Gasteiger partial charge in [-0.1, -0.05) is 69.8 Å². The molecule has 0 spiro atoms. The minimum atomic E-state index is 0.0252. The van der Waals surface area contributed by atoms with Crippen molar-refractivity contribution in [2.75, 3.05) is 0 Å². The highest BCUT2D eigenvalue weighted by atomic mass is 14.7. The molecule has 1 heterocycles. The van der Waals surface area contributed by atoms with Gasteiger partial charge in [0.2, 0.25) is 0 Å². The quantitative estimate of drug-likeness (QED) is 0.396. The third-order valence-electron chi connectivity index (χ3n) is 5.14. The van der Waals surface area contributed by atoms with Crippen LogP contribution < -0.4 is 0 Å². The number of benzene rings is 3. The normalized spacial score (nSPS) is 12.3. The van der Waals surface area contributed by atoms with Gasteiger partial charge >= 0.3 is 0 Å². The summed E-state index contributed by atoms with van der Waals surface area (Å²) in [4.78, 5) is 3.67. The Kier molecular flexibility index (Phi) is 3.11. The van der Waals surface area contributed by atoms with Crippen LogP contribution in [0.5, 0.6) is 0 Å². The molecule has 1 N–H and O–H groups in total. The van der Waals surface area contributed by atoms with E-state index in [-0.39, 0.29) is 5.41 Å². The molecule has 0 amide bonds. The molecule has 0 aliphatic heterocycles. The van der Waals surface area contributed by atoms with E-state index in [4.69, 9.17) is 0 Å². The van der Waals surface area contributed by atoms with Gasteiger partial charge in [-0.25, -0.2) is 0 Å². The molecule has 0 saturated carbocycles. The van der Waals surface area contributed by atoms with Gasteiger partial charge in [0, 0.05) is 21.9 Å². The maximum Gasteiger partial charge on any atom is 0.0550 e. The Labute approximate surface area is 143 Å². The molecule has 4 aromatic rings. The van der Waals surface area contributed by atoms with E-state index < -0.39 is 0 Å². The van der Waals surface area contributed by atoms with Gasteiger partial charge in [-0.05, 0) is 40.3 Å². The van der Waals surface area contributed by atoms with E-state index in [0.717, 1.165) is 0 Å². The van der Waals surface area contributed by atoms with Crippen LogP contribution >= 0.6 is 0 Å². The highest BCUT2D eigenvalue weighted by Gasteiger charge is 2.23. The molecule has 0 bridgehead atoms. The van der Waals surface area contributed by atoms with Crippen molar-refractivity contribution in [3.05, 3.63) is 66.2 Å². The van der Waals surface area contributed by atoms with E-state index in [2.05, 4.69) is 87.8 Å². The van der Waals surface area contributed by atoms with Crippen molar-refractivity contribution in [3.63, 3.8) is 0 Å². The molecule has 0 atom stereocenters. The lowest BCUT2D eigenvalue weighted by molar-refractivity contribution is 0.568. The fourth-order valence-electron chi connectivity index (χ4n) is 3.71. The average Bonchev–Trinajstić information content (AvgIpc) is 2.93. The number of nitrogens with one attached hydrogen (secondary N) is 1. The molecule has 1 heteroatoms. The van der Waals surface area contributed by atoms with Crippen LogP contribution in [0.25, 0.3) is 38.2 Å². The zero-order valence-electron chi connectivity index (χ0n) is 14.8. The van der Waals surface area contributed by atoms with Gasteiger partial charge in [-0.15, -0.1) is 0 Å². The van der Waals surface area contributed by atoms with Crippen molar-refractivity contribution in [1.29, 1.82) is 0 Å². The summed E-state index contributed by atoms with van der Waals surface area (Å²) in [5.41, 5.74) is 6.19. The maximum atomic E-state index is 4.46. The van der Waals surface area contributed by atoms with Crippen LogP contribution in [0.2, 0.25) is 0 Å². The second-order valence-electron chi connectivity index (χ2n) is 7.69. The van der Waals surface area contributed by atoms with Gasteiger partial charge in [0.05, 0.1) is 5.52 Å². The van der Waals surface area contributed by atoms with Gasteiger partial charge < -0.3 is 4.98 Å². The van der Waals surface area contributed by atoms with E-state index in [0.29, 0.717) is 0 Å². The molecule has 120 valence electrons. The molecular formula is C23H23N. The number of aryl methyl sites for hydroxylation is 1. The number of fused-ring (bicyclic) bond motifs is 5. The second kappa shape index (κ2) is 4.98. The number of hydrogen-bond donors (Lipinski definition) is 1. The molecule has 3 aromatic carbocycles. The molecule has 0 radical (unpaired) electrons. The van der Waals surface area contributed by atoms with Gasteiger partial charge in [-0.2, -0.15) is 0 Å². The van der Waals surface area contributed by atoms with E-state index in [1.54, 1.807) is 0 Å². The number of hydrogen-bond acceptors (Lipinski definition) is 0. The second-order valence-corrected chi connectivity index (χ2v) is 7.69. The molecule has 0 aliphatic carbocycles. The largest absolute Gasteiger partial charge is 0.354 e. The van der Waals surface area contributed by atoms with Gasteiger partial charge in [0.1, 0.15) is 0 Å². The Balaban J connectivity index is 2.30. The highest BCUT2D eigenvalue weighted by Crippen LogP contribution is 2.43. The monoisotopic (exact) mass is 313 g/mol. The van der Waals surface area contributed by atoms with Gasteiger partial charge in [-0.3, -0.25) is 0 Å². The summed E-state index contributed by atoms with van der Waals surface area (Å²) in [5.74, 6) is 0. The summed E-state index contributed by atoms with van der Waals surface area (Å²) in [7, 11) is 0. The fraction of sp³-hybridized carbons (Fsp3) is 0.217. The lowest BCUT2D eigenvalue weighted by atomic mass is 9.79. The Bertz CT molecular complexity index is 1100. The number of rotatable bonds is 1. The van der Waals surface area contributed by atoms with Gasteiger partial charge in [0.25, 0.3) is 0 Å².